The highest BCUT2D eigenvalue weighted by Crippen LogP contribution is 2.30. The first kappa shape index (κ1) is 15.0. The molecule has 21 heavy (non-hydrogen) atoms. The van der Waals surface area contributed by atoms with E-state index in [1.165, 1.54) is 0 Å². The van der Waals surface area contributed by atoms with E-state index in [1.807, 2.05) is 0 Å². The van der Waals surface area contributed by atoms with Gasteiger partial charge in [-0.05, 0) is 32.0 Å². The van der Waals surface area contributed by atoms with Gasteiger partial charge in [-0.1, -0.05) is 0 Å². The van der Waals surface area contributed by atoms with Crippen molar-refractivity contribution in [3.05, 3.63) is 46.4 Å². The minimum Gasteiger partial charge on any atom is -0.305 e. The quantitative estimate of drug-likeness (QED) is 0.835. The molecular formula is C13H11F4N3O. The summed E-state index contributed by atoms with van der Waals surface area (Å²) in [4.78, 5) is 11.9. The fourth-order valence-electron chi connectivity index (χ4n) is 1.66. The van der Waals surface area contributed by atoms with Gasteiger partial charge in [0.1, 0.15) is 5.82 Å². The van der Waals surface area contributed by atoms with E-state index < -0.39 is 29.0 Å². The molecule has 4 nitrogen and oxygen atoms in total. The van der Waals surface area contributed by atoms with Gasteiger partial charge in [0, 0.05) is 11.3 Å². The molecule has 0 spiro atoms. The van der Waals surface area contributed by atoms with Crippen molar-refractivity contribution in [3.8, 4) is 0 Å². The zero-order valence-corrected chi connectivity index (χ0v) is 11.1. The van der Waals surface area contributed by atoms with Crippen LogP contribution in [0.1, 0.15) is 27.2 Å². The van der Waals surface area contributed by atoms with Gasteiger partial charge in [-0.2, -0.15) is 18.3 Å². The Balaban J connectivity index is 2.33. The molecule has 0 aliphatic rings. The van der Waals surface area contributed by atoms with Gasteiger partial charge in [0.2, 0.25) is 0 Å². The summed E-state index contributed by atoms with van der Waals surface area (Å²) >= 11 is 0. The maximum Gasteiger partial charge on any atom is 0.416 e. The normalized spacial score (nSPS) is 11.5. The Kier molecular flexibility index (Phi) is 3.71. The van der Waals surface area contributed by atoms with Crippen LogP contribution in [0.3, 0.4) is 0 Å². The smallest absolute Gasteiger partial charge is 0.305 e. The zero-order valence-electron chi connectivity index (χ0n) is 11.1. The summed E-state index contributed by atoms with van der Waals surface area (Å²) in [5, 5.41) is 8.66. The average Bonchev–Trinajstić information content (AvgIpc) is 2.69. The summed E-state index contributed by atoms with van der Waals surface area (Å²) < 4.78 is 51.3. The van der Waals surface area contributed by atoms with Gasteiger partial charge in [-0.3, -0.25) is 9.89 Å². The van der Waals surface area contributed by atoms with Crippen molar-refractivity contribution in [3.63, 3.8) is 0 Å². The number of aromatic nitrogens is 2. The third kappa shape index (κ3) is 3.04. The van der Waals surface area contributed by atoms with Crippen molar-refractivity contribution in [2.75, 3.05) is 5.32 Å². The number of hydrogen-bond acceptors (Lipinski definition) is 2. The lowest BCUT2D eigenvalue weighted by Gasteiger charge is -2.09. The van der Waals surface area contributed by atoms with E-state index in [1.54, 1.807) is 13.8 Å². The van der Waals surface area contributed by atoms with Crippen molar-refractivity contribution >= 4 is 11.7 Å². The van der Waals surface area contributed by atoms with Crippen LogP contribution in [-0.2, 0) is 6.18 Å². The topological polar surface area (TPSA) is 57.8 Å². The highest BCUT2D eigenvalue weighted by atomic mass is 19.4. The van der Waals surface area contributed by atoms with Crippen LogP contribution in [0.4, 0.5) is 23.4 Å². The fourth-order valence-corrected chi connectivity index (χ4v) is 1.66. The summed E-state index contributed by atoms with van der Waals surface area (Å²) in [5.41, 5.74) is -0.473. The van der Waals surface area contributed by atoms with Crippen LogP contribution in [0, 0.1) is 19.7 Å². The second-order valence-electron chi connectivity index (χ2n) is 4.47. The molecular weight excluding hydrogens is 290 g/mol. The van der Waals surface area contributed by atoms with Crippen molar-refractivity contribution in [1.29, 1.82) is 0 Å². The van der Waals surface area contributed by atoms with Gasteiger partial charge in [0.25, 0.3) is 5.91 Å². The van der Waals surface area contributed by atoms with Crippen molar-refractivity contribution in [2.45, 2.75) is 20.0 Å². The SMILES string of the molecule is Cc1[nH]nc(NC(=O)c2cc(C(F)(F)F)ccc2F)c1C. The van der Waals surface area contributed by atoms with Gasteiger partial charge < -0.3 is 5.32 Å². The minimum atomic E-state index is -4.65. The Bertz CT molecular complexity index is 691. The molecule has 2 aromatic rings. The number of nitrogens with one attached hydrogen (secondary N) is 2. The summed E-state index contributed by atoms with van der Waals surface area (Å²) in [6, 6.07) is 1.66. The number of alkyl halides is 3. The largest absolute Gasteiger partial charge is 0.416 e. The van der Waals surface area contributed by atoms with Crippen LogP contribution in [0.5, 0.6) is 0 Å². The number of nitrogens with zero attached hydrogens (tertiary/aromatic N) is 1. The molecule has 0 fully saturated rings. The number of aromatic amines is 1. The molecule has 1 amide bonds. The van der Waals surface area contributed by atoms with Crippen LogP contribution < -0.4 is 5.32 Å². The number of H-pyrrole nitrogens is 1. The molecule has 0 radical (unpaired) electrons. The fraction of sp³-hybridized carbons (Fsp3) is 0.231. The molecule has 0 aliphatic heterocycles. The monoisotopic (exact) mass is 301 g/mol. The molecule has 0 saturated carbocycles. The third-order valence-corrected chi connectivity index (χ3v) is 3.02. The summed E-state index contributed by atoms with van der Waals surface area (Å²) in [7, 11) is 0. The minimum absolute atomic E-state index is 0.148. The number of halogens is 4. The van der Waals surface area contributed by atoms with Crippen LogP contribution in [0.15, 0.2) is 18.2 Å². The molecule has 8 heteroatoms. The zero-order chi connectivity index (χ0) is 15.8. The molecule has 0 aliphatic carbocycles. The van der Waals surface area contributed by atoms with Crippen LogP contribution >= 0.6 is 0 Å². The van der Waals surface area contributed by atoms with E-state index in [0.717, 1.165) is 0 Å². The molecule has 0 atom stereocenters. The Labute approximate surface area is 117 Å². The molecule has 2 rings (SSSR count). The maximum absolute atomic E-state index is 13.6. The lowest BCUT2D eigenvalue weighted by atomic mass is 10.1. The summed E-state index contributed by atoms with van der Waals surface area (Å²) in [6.45, 7) is 3.37. The summed E-state index contributed by atoms with van der Waals surface area (Å²) in [6.07, 6.45) is -4.65. The molecule has 0 saturated heterocycles. The number of anilines is 1. The Morgan fingerprint density at radius 3 is 2.48 bits per heavy atom. The van der Waals surface area contributed by atoms with E-state index in [2.05, 4.69) is 15.5 Å². The number of carbonyl (C=O) groups is 1. The first-order valence-corrected chi connectivity index (χ1v) is 5.90. The molecule has 1 aromatic heterocycles. The Morgan fingerprint density at radius 2 is 1.95 bits per heavy atom. The summed E-state index contributed by atoms with van der Waals surface area (Å²) in [5.74, 6) is -1.88. The number of benzene rings is 1. The molecule has 0 bridgehead atoms. The Hall–Kier alpha value is -2.38. The van der Waals surface area contributed by atoms with Crippen LogP contribution in [0.2, 0.25) is 0 Å². The van der Waals surface area contributed by atoms with Crippen LogP contribution in [0.25, 0.3) is 0 Å². The lowest BCUT2D eigenvalue weighted by Crippen LogP contribution is -2.16. The number of aryl methyl sites for hydroxylation is 1. The highest BCUT2D eigenvalue weighted by molar-refractivity contribution is 6.04. The number of amides is 1. The molecule has 112 valence electrons. The van der Waals surface area contributed by atoms with Gasteiger partial charge in [0.15, 0.2) is 5.82 Å². The van der Waals surface area contributed by atoms with Gasteiger partial charge in [-0.15, -0.1) is 0 Å². The van der Waals surface area contributed by atoms with Crippen molar-refractivity contribution in [2.24, 2.45) is 0 Å². The van der Waals surface area contributed by atoms with E-state index in [9.17, 15) is 22.4 Å². The maximum atomic E-state index is 13.6. The third-order valence-electron chi connectivity index (χ3n) is 3.02. The number of carbonyl (C=O) groups excluding carboxylic acids is 1. The number of hydrogen-bond donors (Lipinski definition) is 2. The number of rotatable bonds is 2. The van der Waals surface area contributed by atoms with E-state index in [-0.39, 0.29) is 5.82 Å². The average molecular weight is 301 g/mol. The van der Waals surface area contributed by atoms with Crippen molar-refractivity contribution in [1.82, 2.24) is 10.2 Å². The standard InChI is InChI=1S/C13H11F4N3O/c1-6-7(2)19-20-11(6)18-12(21)9-5-8(13(15,16)17)3-4-10(9)14/h3-5H,1-2H3,(H2,18,19,20,21). The molecule has 0 unspecified atom stereocenters. The Morgan fingerprint density at radius 1 is 1.29 bits per heavy atom. The van der Waals surface area contributed by atoms with Gasteiger partial charge in [-0.25, -0.2) is 4.39 Å². The van der Waals surface area contributed by atoms with Crippen molar-refractivity contribution < 1.29 is 22.4 Å². The molecule has 2 N–H and O–H groups in total. The first-order valence-electron chi connectivity index (χ1n) is 5.90. The van der Waals surface area contributed by atoms with E-state index in [4.69, 9.17) is 0 Å². The highest BCUT2D eigenvalue weighted by Gasteiger charge is 2.32. The molecule has 1 heterocycles. The second kappa shape index (κ2) is 5.19. The predicted molar refractivity (Wildman–Crippen MR) is 67.4 cm³/mol. The molecule has 1 aromatic carbocycles. The first-order chi connectivity index (χ1) is 9.70. The van der Waals surface area contributed by atoms with E-state index >= 15 is 0 Å². The lowest BCUT2D eigenvalue weighted by molar-refractivity contribution is -0.137. The van der Waals surface area contributed by atoms with Gasteiger partial charge >= 0.3 is 6.18 Å². The predicted octanol–water partition coefficient (Wildman–Crippen LogP) is 3.44. The van der Waals surface area contributed by atoms with Crippen LogP contribution in [-0.4, -0.2) is 16.1 Å². The second-order valence-corrected chi connectivity index (χ2v) is 4.47. The van der Waals surface area contributed by atoms with Gasteiger partial charge in [0.05, 0.1) is 11.1 Å². The van der Waals surface area contributed by atoms with E-state index in [0.29, 0.717) is 29.5 Å².